The third kappa shape index (κ3) is 7.71. The maximum Gasteiger partial charge on any atom is 0.0547 e. The van der Waals surface area contributed by atoms with Gasteiger partial charge in [-0.15, -0.1) is 22.7 Å². The highest BCUT2D eigenvalue weighted by Gasteiger charge is 2.15. The highest BCUT2D eigenvalue weighted by atomic mass is 35.5. The Kier molecular flexibility index (Phi) is 11.5. The van der Waals surface area contributed by atoms with Gasteiger partial charge in [0.05, 0.1) is 11.0 Å². The third-order valence-electron chi connectivity index (χ3n) is 12.1. The monoisotopic (exact) mass is 879 g/mol. The fourth-order valence-corrected chi connectivity index (χ4v) is 11.3. The van der Waals surface area contributed by atoms with Crippen LogP contribution in [0.3, 0.4) is 0 Å². The summed E-state index contributed by atoms with van der Waals surface area (Å²) in [6, 6.07) is 72.3. The van der Waals surface area contributed by atoms with Crippen LogP contribution in [-0.4, -0.2) is 4.57 Å². The molecule has 0 atom stereocenters. The molecule has 1 nitrogen and oxygen atoms in total. The number of nitrogens with zero attached hydrogens (tertiary/aromatic N) is 1. The van der Waals surface area contributed by atoms with Gasteiger partial charge in [0.25, 0.3) is 0 Å². The number of fused-ring (bicyclic) bond motifs is 9. The van der Waals surface area contributed by atoms with Crippen molar-refractivity contribution in [2.24, 2.45) is 0 Å². The van der Waals surface area contributed by atoms with E-state index in [9.17, 15) is 0 Å². The second-order valence-electron chi connectivity index (χ2n) is 15.8. The van der Waals surface area contributed by atoms with Crippen molar-refractivity contribution >= 4 is 102 Å². The van der Waals surface area contributed by atoms with Crippen LogP contribution >= 0.6 is 34.3 Å². The first kappa shape index (κ1) is 41.3. The fourth-order valence-electron chi connectivity index (χ4n) is 8.84. The lowest BCUT2D eigenvalue weighted by atomic mass is 9.97. The molecule has 0 radical (unpaired) electrons. The van der Waals surface area contributed by atoms with Crippen LogP contribution in [0, 0.1) is 0 Å². The van der Waals surface area contributed by atoms with E-state index >= 15 is 0 Å². The summed E-state index contributed by atoms with van der Waals surface area (Å²) in [7, 11) is 0. The normalized spacial score (nSPS) is 11.6. The summed E-state index contributed by atoms with van der Waals surface area (Å²) in [6.45, 7) is 8.18. The van der Waals surface area contributed by atoms with Crippen molar-refractivity contribution in [1.82, 2.24) is 4.57 Å². The van der Waals surface area contributed by atoms with E-state index in [2.05, 4.69) is 219 Å². The molecule has 0 bridgehead atoms. The summed E-state index contributed by atoms with van der Waals surface area (Å²) in [4.78, 5) is 0. The van der Waals surface area contributed by atoms with Crippen LogP contribution in [0.15, 0.2) is 206 Å². The van der Waals surface area contributed by atoms with Gasteiger partial charge in [-0.3, -0.25) is 0 Å². The molecular formula is C60H46ClNS2. The molecule has 12 aromatic rings. The summed E-state index contributed by atoms with van der Waals surface area (Å²) in [5.41, 5.74) is 13.3. The second kappa shape index (κ2) is 17.8. The molecule has 4 heteroatoms. The zero-order valence-electron chi connectivity index (χ0n) is 36.3. The molecule has 3 heterocycles. The first-order chi connectivity index (χ1) is 31.5. The van der Waals surface area contributed by atoms with E-state index in [0.717, 1.165) is 16.1 Å². The van der Waals surface area contributed by atoms with Gasteiger partial charge in [-0.25, -0.2) is 0 Å². The van der Waals surface area contributed by atoms with Gasteiger partial charge in [-0.1, -0.05) is 153 Å². The van der Waals surface area contributed by atoms with Crippen molar-refractivity contribution in [3.63, 3.8) is 0 Å². The summed E-state index contributed by atoms with van der Waals surface area (Å²) in [5, 5.41) is 8.45. The average Bonchev–Trinajstić information content (AvgIpc) is 4.03. The van der Waals surface area contributed by atoms with Gasteiger partial charge in [0, 0.05) is 61.8 Å². The second-order valence-corrected chi connectivity index (χ2v) is 18.4. The Morgan fingerprint density at radius 1 is 0.406 bits per heavy atom. The Balaban J connectivity index is 0.000000356. The Bertz CT molecular complexity index is 3660. The van der Waals surface area contributed by atoms with E-state index in [1.54, 1.807) is 0 Å². The number of rotatable bonds is 5. The van der Waals surface area contributed by atoms with Gasteiger partial charge < -0.3 is 4.57 Å². The molecule has 0 spiro atoms. The minimum Gasteiger partial charge on any atom is -0.309 e. The van der Waals surface area contributed by atoms with Crippen LogP contribution in [0.2, 0.25) is 5.02 Å². The number of aromatic nitrogens is 1. The Labute approximate surface area is 387 Å². The maximum atomic E-state index is 6.81. The van der Waals surface area contributed by atoms with Gasteiger partial charge >= 0.3 is 0 Å². The Morgan fingerprint density at radius 2 is 0.891 bits per heavy atom. The lowest BCUT2D eigenvalue weighted by Crippen LogP contribution is -1.93. The van der Waals surface area contributed by atoms with Crippen molar-refractivity contribution in [1.29, 1.82) is 0 Å². The molecule has 9 aromatic carbocycles. The number of hydrogen-bond acceptors (Lipinski definition) is 2. The Hall–Kier alpha value is -6.75. The molecule has 3 aromatic heterocycles. The lowest BCUT2D eigenvalue weighted by Gasteiger charge is -2.09. The number of para-hydroxylation sites is 2. The van der Waals surface area contributed by atoms with E-state index in [-0.39, 0.29) is 0 Å². The summed E-state index contributed by atoms with van der Waals surface area (Å²) >= 11 is 10.5. The van der Waals surface area contributed by atoms with E-state index in [4.69, 9.17) is 11.6 Å². The van der Waals surface area contributed by atoms with Gasteiger partial charge in [0.2, 0.25) is 0 Å². The summed E-state index contributed by atoms with van der Waals surface area (Å²) < 4.78 is 7.58. The molecule has 0 N–H and O–H groups in total. The van der Waals surface area contributed by atoms with Crippen LogP contribution in [0.4, 0.5) is 0 Å². The van der Waals surface area contributed by atoms with E-state index in [1.165, 1.54) is 101 Å². The van der Waals surface area contributed by atoms with E-state index in [1.807, 2.05) is 42.6 Å². The predicted octanol–water partition coefficient (Wildman–Crippen LogP) is 19.3. The Morgan fingerprint density at radius 3 is 1.58 bits per heavy atom. The number of thiophene rings is 2. The molecule has 0 aliphatic heterocycles. The van der Waals surface area contributed by atoms with Crippen molar-refractivity contribution in [2.45, 2.75) is 27.7 Å². The van der Waals surface area contributed by atoms with Crippen molar-refractivity contribution in [2.75, 3.05) is 0 Å². The fraction of sp³-hybridized carbons (Fsp3) is 0.0667. The number of halogens is 1. The molecule has 0 amide bonds. The van der Waals surface area contributed by atoms with Crippen LogP contribution < -0.4 is 0 Å². The molecular weight excluding hydrogens is 834 g/mol. The first-order valence-corrected chi connectivity index (χ1v) is 24.0. The molecule has 0 aliphatic rings. The highest BCUT2D eigenvalue weighted by molar-refractivity contribution is 7.26. The third-order valence-corrected chi connectivity index (χ3v) is 14.6. The largest absolute Gasteiger partial charge is 0.309 e. The van der Waals surface area contributed by atoms with Crippen LogP contribution in [0.1, 0.15) is 33.3 Å². The SMILES string of the molecule is C/C=C(\C)c1ccccc1.CC.Clc1cc(-c2ccc3c(c2)sc2ccc(-c4ccc5c6ccccc6n(-c6ccccc6)c5c4)cc23)cc(-c2ccc3sc4ccccc4c3c2)c1. The van der Waals surface area contributed by atoms with Crippen LogP contribution in [0.5, 0.6) is 0 Å². The number of benzene rings is 9. The molecule has 0 aliphatic carbocycles. The average molecular weight is 881 g/mol. The standard InChI is InChI=1S/C48H28ClNS2.C10H12.C2H6/c49-35-23-33(30-17-21-46-41(26-30)39-11-5-7-13-45(39)51-46)22-34(24-35)32-15-19-40-42-25-29(16-20-47(42)52-48(40)28-32)31-14-18-38-37-10-4-6-12-43(37)50(44(38)27-31)36-8-2-1-3-9-36;1-3-9(2)10-7-5-4-6-8-10;1-2/h1-28H;3-8H,1-2H3;1-2H3/b;9-3+;. The summed E-state index contributed by atoms with van der Waals surface area (Å²) in [6.07, 6.45) is 2.12. The van der Waals surface area contributed by atoms with Crippen LogP contribution in [0.25, 0.3) is 107 Å². The zero-order valence-corrected chi connectivity index (χ0v) is 38.7. The quantitative estimate of drug-likeness (QED) is 0.162. The van der Waals surface area contributed by atoms with Gasteiger partial charge in [0.15, 0.2) is 0 Å². The van der Waals surface area contributed by atoms with Crippen molar-refractivity contribution in [3.05, 3.63) is 217 Å². The molecule has 0 saturated carbocycles. The zero-order chi connectivity index (χ0) is 43.7. The van der Waals surface area contributed by atoms with Crippen molar-refractivity contribution < 1.29 is 0 Å². The molecule has 12 rings (SSSR count). The van der Waals surface area contributed by atoms with Gasteiger partial charge in [0.1, 0.15) is 0 Å². The molecule has 64 heavy (non-hydrogen) atoms. The number of hydrogen-bond donors (Lipinski definition) is 0. The van der Waals surface area contributed by atoms with Gasteiger partial charge in [-0.2, -0.15) is 0 Å². The minimum absolute atomic E-state index is 0.743. The van der Waals surface area contributed by atoms with E-state index in [0.29, 0.717) is 0 Å². The van der Waals surface area contributed by atoms with Crippen LogP contribution in [-0.2, 0) is 0 Å². The first-order valence-electron chi connectivity index (χ1n) is 22.0. The minimum atomic E-state index is 0.743. The van der Waals surface area contributed by atoms with Gasteiger partial charge in [-0.05, 0) is 137 Å². The molecule has 0 saturated heterocycles. The smallest absolute Gasteiger partial charge is 0.0547 e. The predicted molar refractivity (Wildman–Crippen MR) is 285 cm³/mol. The molecule has 310 valence electrons. The summed E-state index contributed by atoms with van der Waals surface area (Å²) in [5.74, 6) is 0. The lowest BCUT2D eigenvalue weighted by molar-refractivity contribution is 1.18. The maximum absolute atomic E-state index is 6.81. The highest BCUT2D eigenvalue weighted by Crippen LogP contribution is 2.42. The van der Waals surface area contributed by atoms with E-state index < -0.39 is 0 Å². The molecule has 0 fully saturated rings. The van der Waals surface area contributed by atoms with Crippen molar-refractivity contribution in [3.8, 4) is 39.1 Å². The topological polar surface area (TPSA) is 4.93 Å². The molecule has 0 unspecified atom stereocenters. The number of allylic oxidation sites excluding steroid dienone is 2.